The van der Waals surface area contributed by atoms with E-state index in [0.29, 0.717) is 5.84 Å². The summed E-state index contributed by atoms with van der Waals surface area (Å²) < 4.78 is 5.26. The van der Waals surface area contributed by atoms with E-state index < -0.39 is 0 Å². The Kier molecular flexibility index (Phi) is 3.19. The van der Waals surface area contributed by atoms with Crippen LogP contribution in [0.5, 0.6) is 5.75 Å². The van der Waals surface area contributed by atoms with E-state index in [1.807, 2.05) is 26.8 Å². The highest BCUT2D eigenvalue weighted by Crippen LogP contribution is 2.27. The van der Waals surface area contributed by atoms with Gasteiger partial charge in [-0.05, 0) is 43.5 Å². The monoisotopic (exact) mass is 207 g/mol. The molecule has 0 unspecified atom stereocenters. The van der Waals surface area contributed by atoms with Gasteiger partial charge in [-0.1, -0.05) is 0 Å². The molecule has 82 valence electrons. The van der Waals surface area contributed by atoms with Crippen LogP contribution >= 0.6 is 0 Å². The maximum absolute atomic E-state index is 5.74. The summed E-state index contributed by atoms with van der Waals surface area (Å²) in [5.74, 6) is 6.41. The summed E-state index contributed by atoms with van der Waals surface area (Å²) >= 11 is 0. The average molecular weight is 207 g/mol. The Morgan fingerprint density at radius 3 is 2.33 bits per heavy atom. The molecule has 0 saturated carbocycles. The van der Waals surface area contributed by atoms with Crippen LogP contribution in [0, 0.1) is 20.8 Å². The third-order valence-corrected chi connectivity index (χ3v) is 2.66. The van der Waals surface area contributed by atoms with E-state index >= 15 is 0 Å². The Hall–Kier alpha value is -1.71. The number of nitrogens with two attached hydrogens (primary N) is 2. The van der Waals surface area contributed by atoms with Gasteiger partial charge in [-0.25, -0.2) is 0 Å². The number of benzene rings is 1. The minimum atomic E-state index is 0.357. The lowest BCUT2D eigenvalue weighted by Crippen LogP contribution is -2.19. The standard InChI is InChI=1S/C11H17N3O/c1-6-5-9(15-4)7(2)8(3)10(6)11(12)14-13/h5H,13H2,1-4H3,(H2,12,14). The molecule has 1 aromatic rings. The van der Waals surface area contributed by atoms with E-state index in [2.05, 4.69) is 5.10 Å². The highest BCUT2D eigenvalue weighted by molar-refractivity contribution is 6.00. The van der Waals surface area contributed by atoms with Crippen molar-refractivity contribution in [1.82, 2.24) is 0 Å². The molecular formula is C11H17N3O. The number of ether oxygens (including phenoxy) is 1. The second-order valence-corrected chi connectivity index (χ2v) is 3.54. The number of nitrogens with zero attached hydrogens (tertiary/aromatic N) is 1. The molecule has 0 fully saturated rings. The van der Waals surface area contributed by atoms with Crippen LogP contribution in [-0.4, -0.2) is 12.9 Å². The fourth-order valence-electron chi connectivity index (χ4n) is 1.72. The van der Waals surface area contributed by atoms with Crippen LogP contribution in [0.15, 0.2) is 11.2 Å². The Morgan fingerprint density at radius 1 is 1.27 bits per heavy atom. The van der Waals surface area contributed by atoms with Gasteiger partial charge in [0.1, 0.15) is 5.75 Å². The topological polar surface area (TPSA) is 73.6 Å². The van der Waals surface area contributed by atoms with Crippen molar-refractivity contribution in [2.24, 2.45) is 16.7 Å². The molecule has 4 N–H and O–H groups in total. The molecule has 1 rings (SSSR count). The summed E-state index contributed by atoms with van der Waals surface area (Å²) in [7, 11) is 1.65. The predicted molar refractivity (Wildman–Crippen MR) is 62.1 cm³/mol. The van der Waals surface area contributed by atoms with Gasteiger partial charge in [-0.3, -0.25) is 0 Å². The molecule has 4 heteroatoms. The molecule has 1 aromatic carbocycles. The van der Waals surface area contributed by atoms with Gasteiger partial charge in [0.05, 0.1) is 7.11 Å². The van der Waals surface area contributed by atoms with Crippen molar-refractivity contribution in [3.63, 3.8) is 0 Å². The van der Waals surface area contributed by atoms with Crippen LogP contribution in [0.2, 0.25) is 0 Å². The van der Waals surface area contributed by atoms with E-state index in [9.17, 15) is 0 Å². The van der Waals surface area contributed by atoms with E-state index in [4.69, 9.17) is 16.3 Å². The van der Waals surface area contributed by atoms with Crippen molar-refractivity contribution in [2.45, 2.75) is 20.8 Å². The molecule has 15 heavy (non-hydrogen) atoms. The molecule has 0 saturated heterocycles. The number of rotatable bonds is 2. The third kappa shape index (κ3) is 1.88. The third-order valence-electron chi connectivity index (χ3n) is 2.66. The van der Waals surface area contributed by atoms with Crippen LogP contribution < -0.4 is 16.3 Å². The molecule has 0 atom stereocenters. The summed E-state index contributed by atoms with van der Waals surface area (Å²) in [6.07, 6.45) is 0. The first kappa shape index (κ1) is 11.4. The van der Waals surface area contributed by atoms with E-state index in [1.54, 1.807) is 7.11 Å². The van der Waals surface area contributed by atoms with Crippen LogP contribution in [0.3, 0.4) is 0 Å². The lowest BCUT2D eigenvalue weighted by atomic mass is 9.97. The second kappa shape index (κ2) is 4.21. The van der Waals surface area contributed by atoms with Gasteiger partial charge >= 0.3 is 0 Å². The normalized spacial score (nSPS) is 11.6. The van der Waals surface area contributed by atoms with Crippen LogP contribution in [-0.2, 0) is 0 Å². The largest absolute Gasteiger partial charge is 0.496 e. The molecule has 0 spiro atoms. The van der Waals surface area contributed by atoms with E-state index in [0.717, 1.165) is 28.0 Å². The van der Waals surface area contributed by atoms with Gasteiger partial charge in [-0.15, -0.1) is 0 Å². The molecule has 4 nitrogen and oxygen atoms in total. The zero-order valence-corrected chi connectivity index (χ0v) is 9.59. The number of hydrogen-bond donors (Lipinski definition) is 2. The minimum Gasteiger partial charge on any atom is -0.496 e. The van der Waals surface area contributed by atoms with Crippen molar-refractivity contribution in [2.75, 3.05) is 7.11 Å². The Morgan fingerprint density at radius 2 is 1.87 bits per heavy atom. The van der Waals surface area contributed by atoms with Gasteiger partial charge in [0.15, 0.2) is 5.84 Å². The molecule has 0 aliphatic heterocycles. The second-order valence-electron chi connectivity index (χ2n) is 3.54. The average Bonchev–Trinajstić information content (AvgIpc) is 2.23. The molecule has 0 radical (unpaired) electrons. The number of aryl methyl sites for hydroxylation is 1. The summed E-state index contributed by atoms with van der Waals surface area (Å²) in [4.78, 5) is 0. The predicted octanol–water partition coefficient (Wildman–Crippen LogP) is 1.20. The Labute approximate surface area is 89.9 Å². The number of amidine groups is 1. The summed E-state index contributed by atoms with van der Waals surface area (Å²) in [6, 6.07) is 1.94. The fourth-order valence-corrected chi connectivity index (χ4v) is 1.72. The smallest absolute Gasteiger partial charge is 0.150 e. The van der Waals surface area contributed by atoms with Crippen molar-refractivity contribution < 1.29 is 4.74 Å². The first-order chi connectivity index (χ1) is 7.02. The molecule has 0 bridgehead atoms. The highest BCUT2D eigenvalue weighted by Gasteiger charge is 2.13. The van der Waals surface area contributed by atoms with Gasteiger partial charge in [0.2, 0.25) is 0 Å². The first-order valence-corrected chi connectivity index (χ1v) is 4.71. The lowest BCUT2D eigenvalue weighted by molar-refractivity contribution is 0.411. The summed E-state index contributed by atoms with van der Waals surface area (Å²) in [5, 5.41) is 3.53. The molecule has 0 amide bonds. The molecule has 0 aromatic heterocycles. The van der Waals surface area contributed by atoms with Crippen molar-refractivity contribution in [3.8, 4) is 5.75 Å². The van der Waals surface area contributed by atoms with Crippen LogP contribution in [0.4, 0.5) is 0 Å². The van der Waals surface area contributed by atoms with Crippen molar-refractivity contribution >= 4 is 5.84 Å². The van der Waals surface area contributed by atoms with E-state index in [-0.39, 0.29) is 0 Å². The number of methoxy groups -OCH3 is 1. The zero-order valence-electron chi connectivity index (χ0n) is 9.59. The molecule has 0 aliphatic carbocycles. The molecule has 0 heterocycles. The van der Waals surface area contributed by atoms with Gasteiger partial charge < -0.3 is 16.3 Å². The highest BCUT2D eigenvalue weighted by atomic mass is 16.5. The maximum Gasteiger partial charge on any atom is 0.150 e. The quantitative estimate of drug-likeness (QED) is 0.331. The Balaban J connectivity index is 3.49. The van der Waals surface area contributed by atoms with E-state index in [1.165, 1.54) is 0 Å². The van der Waals surface area contributed by atoms with Crippen molar-refractivity contribution in [3.05, 3.63) is 28.3 Å². The van der Waals surface area contributed by atoms with Crippen LogP contribution in [0.25, 0.3) is 0 Å². The van der Waals surface area contributed by atoms with Gasteiger partial charge in [0.25, 0.3) is 0 Å². The minimum absolute atomic E-state index is 0.357. The zero-order chi connectivity index (χ0) is 11.6. The fraction of sp³-hybridized carbons (Fsp3) is 0.364. The molecule has 0 aliphatic rings. The number of hydrogen-bond acceptors (Lipinski definition) is 3. The van der Waals surface area contributed by atoms with Crippen LogP contribution in [0.1, 0.15) is 22.3 Å². The molecular weight excluding hydrogens is 190 g/mol. The SMILES string of the molecule is COc1cc(C)c(/C(N)=N/N)c(C)c1C. The van der Waals surface area contributed by atoms with Gasteiger partial charge in [0, 0.05) is 5.56 Å². The Bertz CT molecular complexity index is 411. The summed E-state index contributed by atoms with van der Waals surface area (Å²) in [5.41, 5.74) is 9.77. The van der Waals surface area contributed by atoms with Crippen molar-refractivity contribution in [1.29, 1.82) is 0 Å². The first-order valence-electron chi connectivity index (χ1n) is 4.71. The maximum atomic E-state index is 5.74. The number of hydrazone groups is 1. The summed E-state index contributed by atoms with van der Waals surface area (Å²) in [6.45, 7) is 5.93. The van der Waals surface area contributed by atoms with Gasteiger partial charge in [-0.2, -0.15) is 5.10 Å². The lowest BCUT2D eigenvalue weighted by Gasteiger charge is -2.14.